The lowest BCUT2D eigenvalue weighted by atomic mass is 10.1. The molecule has 0 atom stereocenters. The number of benzene rings is 1. The molecule has 0 aliphatic heterocycles. The van der Waals surface area contributed by atoms with Crippen LogP contribution in [0.4, 0.5) is 0 Å². The summed E-state index contributed by atoms with van der Waals surface area (Å²) in [5.74, 6) is 1.90. The molecule has 3 rings (SSSR count). The molecule has 2 heterocycles. The Morgan fingerprint density at radius 3 is 2.89 bits per heavy atom. The number of rotatable bonds is 3. The van der Waals surface area contributed by atoms with Crippen LogP contribution in [0.25, 0.3) is 16.9 Å². The second kappa shape index (κ2) is 4.76. The van der Waals surface area contributed by atoms with Gasteiger partial charge in [-0.2, -0.15) is 0 Å². The largest absolute Gasteiger partial charge is 0.494 e. The first-order chi connectivity index (χ1) is 9.29. The minimum Gasteiger partial charge on any atom is -0.494 e. The average Bonchev–Trinajstić information content (AvgIpc) is 2.85. The van der Waals surface area contributed by atoms with Crippen LogP contribution in [-0.2, 0) is 0 Å². The molecule has 0 aliphatic rings. The molecule has 0 radical (unpaired) electrons. The van der Waals surface area contributed by atoms with Crippen LogP contribution in [0.15, 0.2) is 48.8 Å². The van der Waals surface area contributed by atoms with Gasteiger partial charge in [0.1, 0.15) is 11.6 Å². The van der Waals surface area contributed by atoms with E-state index in [0.29, 0.717) is 6.61 Å². The highest BCUT2D eigenvalue weighted by molar-refractivity contribution is 5.64. The fourth-order valence-electron chi connectivity index (χ4n) is 2.26. The highest BCUT2D eigenvalue weighted by atomic mass is 16.5. The minimum atomic E-state index is 0.687. The lowest BCUT2D eigenvalue weighted by Gasteiger charge is -2.08. The van der Waals surface area contributed by atoms with Gasteiger partial charge in [0, 0.05) is 11.8 Å². The van der Waals surface area contributed by atoms with Crippen molar-refractivity contribution in [2.24, 2.45) is 0 Å². The van der Waals surface area contributed by atoms with Crippen molar-refractivity contribution in [1.82, 2.24) is 9.38 Å². The Balaban J connectivity index is 2.09. The number of fused-ring (bicyclic) bond motifs is 1. The van der Waals surface area contributed by atoms with Gasteiger partial charge in [0.2, 0.25) is 0 Å². The molecular weight excluding hydrogens is 236 g/mol. The fraction of sp³-hybridized carbons (Fsp3) is 0.188. The van der Waals surface area contributed by atoms with E-state index in [9.17, 15) is 0 Å². The van der Waals surface area contributed by atoms with Crippen LogP contribution in [0, 0.1) is 6.92 Å². The van der Waals surface area contributed by atoms with Gasteiger partial charge in [0.15, 0.2) is 0 Å². The van der Waals surface area contributed by atoms with Gasteiger partial charge in [-0.3, -0.25) is 4.40 Å². The van der Waals surface area contributed by atoms with Crippen LogP contribution in [-0.4, -0.2) is 16.0 Å². The van der Waals surface area contributed by atoms with Gasteiger partial charge in [0.05, 0.1) is 18.3 Å². The summed E-state index contributed by atoms with van der Waals surface area (Å²) in [7, 11) is 0. The third-order valence-corrected chi connectivity index (χ3v) is 3.17. The van der Waals surface area contributed by atoms with Gasteiger partial charge >= 0.3 is 0 Å². The van der Waals surface area contributed by atoms with Crippen molar-refractivity contribution >= 4 is 5.52 Å². The maximum atomic E-state index is 5.57. The molecule has 0 saturated carbocycles. The SMILES string of the molecule is CCOc1ccc(-c2ncc3ccccn23)cc1C. The van der Waals surface area contributed by atoms with E-state index < -0.39 is 0 Å². The number of hydrogen-bond acceptors (Lipinski definition) is 2. The van der Waals surface area contributed by atoms with Crippen molar-refractivity contribution in [3.8, 4) is 17.1 Å². The van der Waals surface area contributed by atoms with Crippen molar-refractivity contribution in [3.05, 3.63) is 54.4 Å². The maximum absolute atomic E-state index is 5.57. The van der Waals surface area contributed by atoms with E-state index in [2.05, 4.69) is 34.5 Å². The Hall–Kier alpha value is -2.29. The first-order valence-electron chi connectivity index (χ1n) is 6.45. The highest BCUT2D eigenvalue weighted by Crippen LogP contribution is 2.26. The van der Waals surface area contributed by atoms with E-state index in [-0.39, 0.29) is 0 Å². The van der Waals surface area contributed by atoms with Crippen molar-refractivity contribution < 1.29 is 4.74 Å². The van der Waals surface area contributed by atoms with E-state index in [4.69, 9.17) is 4.74 Å². The normalized spacial score (nSPS) is 10.8. The van der Waals surface area contributed by atoms with E-state index in [0.717, 1.165) is 28.2 Å². The third kappa shape index (κ3) is 2.08. The number of hydrogen-bond donors (Lipinski definition) is 0. The molecule has 3 heteroatoms. The van der Waals surface area contributed by atoms with Crippen LogP contribution < -0.4 is 4.74 Å². The molecule has 0 amide bonds. The molecule has 0 aliphatic carbocycles. The number of aryl methyl sites for hydroxylation is 1. The molecule has 0 unspecified atom stereocenters. The molecule has 0 saturated heterocycles. The summed E-state index contributed by atoms with van der Waals surface area (Å²) < 4.78 is 7.66. The van der Waals surface area contributed by atoms with Crippen LogP contribution in [0.1, 0.15) is 12.5 Å². The molecule has 0 fully saturated rings. The Morgan fingerprint density at radius 2 is 2.11 bits per heavy atom. The zero-order valence-corrected chi connectivity index (χ0v) is 11.1. The van der Waals surface area contributed by atoms with Crippen molar-refractivity contribution in [1.29, 1.82) is 0 Å². The molecule has 0 spiro atoms. The summed E-state index contributed by atoms with van der Waals surface area (Å²) >= 11 is 0. The van der Waals surface area contributed by atoms with Crippen LogP contribution in [0.5, 0.6) is 5.75 Å². The number of nitrogens with zero attached hydrogens (tertiary/aromatic N) is 2. The molecule has 1 aromatic carbocycles. The van der Waals surface area contributed by atoms with Gasteiger partial charge < -0.3 is 4.74 Å². The zero-order valence-electron chi connectivity index (χ0n) is 11.1. The van der Waals surface area contributed by atoms with Crippen molar-refractivity contribution in [2.75, 3.05) is 6.61 Å². The van der Waals surface area contributed by atoms with Gasteiger partial charge in [-0.25, -0.2) is 4.98 Å². The van der Waals surface area contributed by atoms with Gasteiger partial charge in [0.25, 0.3) is 0 Å². The lowest BCUT2D eigenvalue weighted by Crippen LogP contribution is -1.95. The molecule has 3 nitrogen and oxygen atoms in total. The number of ether oxygens (including phenoxy) is 1. The van der Waals surface area contributed by atoms with E-state index >= 15 is 0 Å². The number of pyridine rings is 1. The number of imidazole rings is 1. The molecule has 3 aromatic rings. The Morgan fingerprint density at radius 1 is 1.21 bits per heavy atom. The Kier molecular flexibility index (Phi) is 2.95. The summed E-state index contributed by atoms with van der Waals surface area (Å²) in [6.07, 6.45) is 3.92. The van der Waals surface area contributed by atoms with Crippen molar-refractivity contribution in [3.63, 3.8) is 0 Å². The lowest BCUT2D eigenvalue weighted by molar-refractivity contribution is 0.338. The predicted octanol–water partition coefficient (Wildman–Crippen LogP) is 3.71. The van der Waals surface area contributed by atoms with Crippen LogP contribution >= 0.6 is 0 Å². The van der Waals surface area contributed by atoms with E-state index in [1.165, 1.54) is 0 Å². The molecule has 96 valence electrons. The Labute approximate surface area is 112 Å². The average molecular weight is 252 g/mol. The maximum Gasteiger partial charge on any atom is 0.144 e. The standard InChI is InChI=1S/C16H16N2O/c1-3-19-15-8-7-13(10-12(15)2)16-17-11-14-6-4-5-9-18(14)16/h4-11H,3H2,1-2H3. The first kappa shape index (κ1) is 11.8. The van der Waals surface area contributed by atoms with Gasteiger partial charge in [-0.1, -0.05) is 6.07 Å². The number of aromatic nitrogens is 2. The highest BCUT2D eigenvalue weighted by Gasteiger charge is 2.08. The molecule has 0 N–H and O–H groups in total. The second-order valence-electron chi connectivity index (χ2n) is 4.49. The first-order valence-corrected chi connectivity index (χ1v) is 6.45. The minimum absolute atomic E-state index is 0.687. The smallest absolute Gasteiger partial charge is 0.144 e. The summed E-state index contributed by atoms with van der Waals surface area (Å²) in [5.41, 5.74) is 3.34. The van der Waals surface area contributed by atoms with Crippen molar-refractivity contribution in [2.45, 2.75) is 13.8 Å². The van der Waals surface area contributed by atoms with Gasteiger partial charge in [-0.15, -0.1) is 0 Å². The monoisotopic (exact) mass is 252 g/mol. The third-order valence-electron chi connectivity index (χ3n) is 3.17. The van der Waals surface area contributed by atoms with E-state index in [1.54, 1.807) is 0 Å². The summed E-state index contributed by atoms with van der Waals surface area (Å²) in [6.45, 7) is 4.74. The molecular formula is C16H16N2O. The second-order valence-corrected chi connectivity index (χ2v) is 4.49. The zero-order chi connectivity index (χ0) is 13.2. The van der Waals surface area contributed by atoms with Crippen LogP contribution in [0.2, 0.25) is 0 Å². The predicted molar refractivity (Wildman–Crippen MR) is 76.5 cm³/mol. The summed E-state index contributed by atoms with van der Waals surface area (Å²) in [5, 5.41) is 0. The topological polar surface area (TPSA) is 26.5 Å². The molecule has 19 heavy (non-hydrogen) atoms. The quantitative estimate of drug-likeness (QED) is 0.710. The molecule has 2 aromatic heterocycles. The van der Waals surface area contributed by atoms with Gasteiger partial charge in [-0.05, 0) is 49.7 Å². The van der Waals surface area contributed by atoms with Crippen LogP contribution in [0.3, 0.4) is 0 Å². The Bertz CT molecular complexity index is 716. The summed E-state index contributed by atoms with van der Waals surface area (Å²) in [4.78, 5) is 4.50. The fourth-order valence-corrected chi connectivity index (χ4v) is 2.26. The molecule has 0 bridgehead atoms. The van der Waals surface area contributed by atoms with E-state index in [1.807, 2.05) is 37.5 Å². The summed E-state index contributed by atoms with van der Waals surface area (Å²) in [6, 6.07) is 12.3.